The molecule has 0 spiro atoms. The van der Waals surface area contributed by atoms with Crippen LogP contribution in [0.5, 0.6) is 0 Å². The van der Waals surface area contributed by atoms with Crippen molar-refractivity contribution in [3.05, 3.63) is 35.5 Å². The van der Waals surface area contributed by atoms with Crippen LogP contribution >= 0.6 is 0 Å². The smallest absolute Gasteiger partial charge is 0.242 e. The van der Waals surface area contributed by atoms with Gasteiger partial charge in [-0.1, -0.05) is 18.2 Å². The number of amides is 2. The SMILES string of the molecule is Cc1[nH]c2ccccc2c1C1CCN(C(=O)CN2CCCC2=O)CC1. The first kappa shape index (κ1) is 16.2. The summed E-state index contributed by atoms with van der Waals surface area (Å²) in [6.07, 6.45) is 3.45. The summed E-state index contributed by atoms with van der Waals surface area (Å²) in [5, 5.41) is 1.31. The molecule has 2 aromatic rings. The van der Waals surface area contributed by atoms with Crippen molar-refractivity contribution in [3.8, 4) is 0 Å². The molecule has 0 bridgehead atoms. The number of para-hydroxylation sites is 1. The summed E-state index contributed by atoms with van der Waals surface area (Å²) in [4.78, 5) is 31.3. The van der Waals surface area contributed by atoms with Crippen LogP contribution in [-0.4, -0.2) is 52.8 Å². The Bertz CT molecular complexity index is 802. The lowest BCUT2D eigenvalue weighted by Crippen LogP contribution is -2.44. The van der Waals surface area contributed by atoms with Gasteiger partial charge in [-0.3, -0.25) is 9.59 Å². The second kappa shape index (κ2) is 6.54. The van der Waals surface area contributed by atoms with E-state index in [0.29, 0.717) is 12.3 Å². The molecule has 5 heteroatoms. The Kier molecular flexibility index (Phi) is 4.24. The van der Waals surface area contributed by atoms with Crippen molar-refractivity contribution in [1.29, 1.82) is 0 Å². The van der Waals surface area contributed by atoms with E-state index < -0.39 is 0 Å². The third kappa shape index (κ3) is 3.03. The van der Waals surface area contributed by atoms with Crippen molar-refractivity contribution in [2.45, 2.75) is 38.5 Å². The zero-order chi connectivity index (χ0) is 17.4. The molecule has 3 heterocycles. The van der Waals surface area contributed by atoms with Crippen molar-refractivity contribution in [2.75, 3.05) is 26.2 Å². The quantitative estimate of drug-likeness (QED) is 0.935. The summed E-state index contributed by atoms with van der Waals surface area (Å²) in [6.45, 7) is 4.70. The molecule has 2 aliphatic heterocycles. The van der Waals surface area contributed by atoms with Crippen LogP contribution < -0.4 is 0 Å². The zero-order valence-corrected chi connectivity index (χ0v) is 14.8. The standard InChI is InChI=1S/C20H25N3O2/c1-14-20(16-5-2-3-6-17(16)21-14)15-8-11-22(12-9-15)19(25)13-23-10-4-7-18(23)24/h2-3,5-6,15,21H,4,7-13H2,1H3. The highest BCUT2D eigenvalue weighted by atomic mass is 16.2. The summed E-state index contributed by atoms with van der Waals surface area (Å²) in [7, 11) is 0. The molecule has 0 radical (unpaired) electrons. The van der Waals surface area contributed by atoms with Crippen LogP contribution in [0.15, 0.2) is 24.3 Å². The van der Waals surface area contributed by atoms with Crippen LogP contribution in [-0.2, 0) is 9.59 Å². The highest BCUT2D eigenvalue weighted by Crippen LogP contribution is 2.35. The third-order valence-electron chi connectivity index (χ3n) is 5.70. The van der Waals surface area contributed by atoms with E-state index >= 15 is 0 Å². The van der Waals surface area contributed by atoms with Crippen LogP contribution in [0.2, 0.25) is 0 Å². The highest BCUT2D eigenvalue weighted by Gasteiger charge is 2.29. The average Bonchev–Trinajstić information content (AvgIpc) is 3.17. The van der Waals surface area contributed by atoms with Gasteiger partial charge in [0.1, 0.15) is 0 Å². The van der Waals surface area contributed by atoms with E-state index in [4.69, 9.17) is 0 Å². The minimum absolute atomic E-state index is 0.101. The molecule has 1 aromatic carbocycles. The number of aryl methyl sites for hydroxylation is 1. The predicted octanol–water partition coefficient (Wildman–Crippen LogP) is 2.80. The third-order valence-corrected chi connectivity index (χ3v) is 5.70. The molecule has 2 saturated heterocycles. The van der Waals surface area contributed by atoms with Gasteiger partial charge in [0.25, 0.3) is 0 Å². The summed E-state index contributed by atoms with van der Waals surface area (Å²) in [5.41, 5.74) is 3.85. The molecule has 132 valence electrons. The summed E-state index contributed by atoms with van der Waals surface area (Å²) < 4.78 is 0. The summed E-state index contributed by atoms with van der Waals surface area (Å²) in [6, 6.07) is 8.45. The minimum atomic E-state index is 0.101. The van der Waals surface area contributed by atoms with Crippen LogP contribution in [0.3, 0.4) is 0 Å². The van der Waals surface area contributed by atoms with Gasteiger partial charge in [-0.15, -0.1) is 0 Å². The number of piperidine rings is 1. The topological polar surface area (TPSA) is 56.4 Å². The van der Waals surface area contributed by atoms with E-state index in [1.54, 1.807) is 4.90 Å². The number of carbonyl (C=O) groups is 2. The maximum Gasteiger partial charge on any atom is 0.242 e. The van der Waals surface area contributed by atoms with Gasteiger partial charge < -0.3 is 14.8 Å². The number of hydrogen-bond donors (Lipinski definition) is 1. The van der Waals surface area contributed by atoms with Gasteiger partial charge in [0, 0.05) is 42.7 Å². The number of fused-ring (bicyclic) bond motifs is 1. The molecule has 2 fully saturated rings. The summed E-state index contributed by atoms with van der Waals surface area (Å²) >= 11 is 0. The Hall–Kier alpha value is -2.30. The summed E-state index contributed by atoms with van der Waals surface area (Å²) in [5.74, 6) is 0.718. The molecular weight excluding hydrogens is 314 g/mol. The number of benzene rings is 1. The largest absolute Gasteiger partial charge is 0.358 e. The molecule has 25 heavy (non-hydrogen) atoms. The van der Waals surface area contributed by atoms with Crippen molar-refractivity contribution in [3.63, 3.8) is 0 Å². The molecule has 4 rings (SSSR count). The average molecular weight is 339 g/mol. The molecule has 2 aliphatic rings. The van der Waals surface area contributed by atoms with Crippen molar-refractivity contribution in [2.24, 2.45) is 0 Å². The van der Waals surface area contributed by atoms with Crippen LogP contribution in [0.1, 0.15) is 42.9 Å². The monoisotopic (exact) mass is 339 g/mol. The molecule has 0 unspecified atom stereocenters. The van der Waals surface area contributed by atoms with Crippen LogP contribution in [0.25, 0.3) is 10.9 Å². The fourth-order valence-electron chi connectivity index (χ4n) is 4.38. The molecule has 0 atom stereocenters. The molecule has 1 N–H and O–H groups in total. The highest BCUT2D eigenvalue weighted by molar-refractivity contribution is 5.86. The molecule has 0 saturated carbocycles. The molecule has 0 aliphatic carbocycles. The lowest BCUT2D eigenvalue weighted by molar-refractivity contribution is -0.139. The van der Waals surface area contributed by atoms with Gasteiger partial charge in [0.15, 0.2) is 0 Å². The van der Waals surface area contributed by atoms with E-state index in [2.05, 4.69) is 36.2 Å². The van der Waals surface area contributed by atoms with Crippen LogP contribution in [0.4, 0.5) is 0 Å². The van der Waals surface area contributed by atoms with Crippen LogP contribution in [0, 0.1) is 6.92 Å². The lowest BCUT2D eigenvalue weighted by atomic mass is 9.87. The van der Waals surface area contributed by atoms with E-state index in [1.807, 2.05) is 4.90 Å². The number of nitrogens with one attached hydrogen (secondary N) is 1. The van der Waals surface area contributed by atoms with Gasteiger partial charge >= 0.3 is 0 Å². The fraction of sp³-hybridized carbons (Fsp3) is 0.500. The van der Waals surface area contributed by atoms with Crippen molar-refractivity contribution >= 4 is 22.7 Å². The number of aromatic nitrogens is 1. The normalized spacial score (nSPS) is 19.2. The van der Waals surface area contributed by atoms with E-state index in [1.165, 1.54) is 22.2 Å². The van der Waals surface area contributed by atoms with E-state index in [-0.39, 0.29) is 18.4 Å². The van der Waals surface area contributed by atoms with Crippen molar-refractivity contribution < 1.29 is 9.59 Å². The van der Waals surface area contributed by atoms with Gasteiger partial charge in [0.2, 0.25) is 11.8 Å². The number of hydrogen-bond acceptors (Lipinski definition) is 2. The van der Waals surface area contributed by atoms with Gasteiger partial charge in [-0.25, -0.2) is 0 Å². The number of H-pyrrole nitrogens is 1. The molecule has 2 amide bonds. The molecule has 1 aromatic heterocycles. The number of nitrogens with zero attached hydrogens (tertiary/aromatic N) is 2. The molecule has 5 nitrogen and oxygen atoms in total. The predicted molar refractivity (Wildman–Crippen MR) is 97.4 cm³/mol. The Morgan fingerprint density at radius 3 is 2.68 bits per heavy atom. The Balaban J connectivity index is 1.42. The fourth-order valence-corrected chi connectivity index (χ4v) is 4.38. The maximum absolute atomic E-state index is 12.5. The lowest BCUT2D eigenvalue weighted by Gasteiger charge is -2.33. The maximum atomic E-state index is 12.5. The second-order valence-corrected chi connectivity index (χ2v) is 7.28. The number of likely N-dealkylation sites (tertiary alicyclic amines) is 2. The van der Waals surface area contributed by atoms with Crippen molar-refractivity contribution in [1.82, 2.24) is 14.8 Å². The van der Waals surface area contributed by atoms with E-state index in [9.17, 15) is 9.59 Å². The van der Waals surface area contributed by atoms with Gasteiger partial charge in [-0.05, 0) is 43.7 Å². The first-order chi connectivity index (χ1) is 12.1. The Labute approximate surface area is 148 Å². The van der Waals surface area contributed by atoms with E-state index in [0.717, 1.165) is 38.9 Å². The molecular formula is C20H25N3O2. The number of carbonyl (C=O) groups excluding carboxylic acids is 2. The zero-order valence-electron chi connectivity index (χ0n) is 14.8. The number of rotatable bonds is 3. The van der Waals surface area contributed by atoms with Gasteiger partial charge in [0.05, 0.1) is 6.54 Å². The minimum Gasteiger partial charge on any atom is -0.358 e. The first-order valence-electron chi connectivity index (χ1n) is 9.26. The van der Waals surface area contributed by atoms with Gasteiger partial charge in [-0.2, -0.15) is 0 Å². The number of aromatic amines is 1. The second-order valence-electron chi connectivity index (χ2n) is 7.28. The Morgan fingerprint density at radius 1 is 1.20 bits per heavy atom. The Morgan fingerprint density at radius 2 is 1.96 bits per heavy atom. The first-order valence-corrected chi connectivity index (χ1v) is 9.26.